The van der Waals surface area contributed by atoms with Gasteiger partial charge in [-0.2, -0.15) is 0 Å². The normalized spacial score (nSPS) is 9.50. The van der Waals surface area contributed by atoms with Crippen molar-refractivity contribution in [2.45, 2.75) is 12.8 Å². The largest absolute Gasteiger partial charge is 0.510 e. The van der Waals surface area contributed by atoms with E-state index in [9.17, 15) is 13.6 Å². The Hall–Kier alpha value is -1.13. The van der Waals surface area contributed by atoms with Crippen LogP contribution in [0.15, 0.2) is 12.3 Å². The number of ether oxygens (including phenoxy) is 1. The molecule has 0 rings (SSSR count). The van der Waals surface area contributed by atoms with Crippen molar-refractivity contribution < 1.29 is 23.4 Å². The van der Waals surface area contributed by atoms with Gasteiger partial charge in [-0.15, -0.1) is 0 Å². The van der Waals surface area contributed by atoms with Gasteiger partial charge in [-0.25, -0.2) is 13.6 Å². The van der Waals surface area contributed by atoms with E-state index in [1.807, 2.05) is 0 Å². The Bertz CT molecular complexity index is 144. The second kappa shape index (κ2) is 3.81. The summed E-state index contributed by atoms with van der Waals surface area (Å²) in [4.78, 5) is 9.66. The molecule has 0 amide bonds. The number of carboxylic acid groups (broad SMARTS) is 1. The summed E-state index contributed by atoms with van der Waals surface area (Å²) < 4.78 is 26.6. The van der Waals surface area contributed by atoms with E-state index in [-0.39, 0.29) is 0 Å². The lowest BCUT2D eigenvalue weighted by molar-refractivity contribution is 0.0943. The first-order chi connectivity index (χ1) is 4.52. The van der Waals surface area contributed by atoms with Crippen LogP contribution in [-0.2, 0) is 4.74 Å². The highest BCUT2D eigenvalue weighted by Gasteiger charge is 2.08. The third-order valence-corrected chi connectivity index (χ3v) is 0.614. The summed E-state index contributed by atoms with van der Waals surface area (Å²) in [6, 6.07) is 0. The first-order valence-electron chi connectivity index (χ1n) is 2.39. The van der Waals surface area contributed by atoms with E-state index in [1.165, 1.54) is 0 Å². The van der Waals surface area contributed by atoms with Crippen LogP contribution in [0.3, 0.4) is 0 Å². The van der Waals surface area contributed by atoms with Crippen LogP contribution < -0.4 is 0 Å². The Kier molecular flexibility index (Phi) is 3.38. The van der Waals surface area contributed by atoms with E-state index >= 15 is 0 Å². The lowest BCUT2D eigenvalue weighted by Gasteiger charge is -2.00. The number of carbonyl (C=O) groups is 1. The highest BCUT2D eigenvalue weighted by atomic mass is 19.3. The molecule has 0 heterocycles. The van der Waals surface area contributed by atoms with Crippen molar-refractivity contribution in [3.05, 3.63) is 12.3 Å². The number of halogens is 2. The molecule has 0 radical (unpaired) electrons. The Morgan fingerprint density at radius 2 is 2.20 bits per heavy atom. The van der Waals surface area contributed by atoms with Crippen LogP contribution in [0.25, 0.3) is 0 Å². The first kappa shape index (κ1) is 8.87. The highest BCUT2D eigenvalue weighted by molar-refractivity contribution is 5.58. The Balaban J connectivity index is 3.54. The van der Waals surface area contributed by atoms with Gasteiger partial charge in [-0.3, -0.25) is 0 Å². The predicted molar refractivity (Wildman–Crippen MR) is 28.9 cm³/mol. The fourth-order valence-corrected chi connectivity index (χ4v) is 0.337. The molecule has 0 fully saturated rings. The monoisotopic (exact) mass is 152 g/mol. The second-order valence-electron chi connectivity index (χ2n) is 1.50. The molecule has 0 saturated heterocycles. The molecule has 1 N–H and O–H groups in total. The summed E-state index contributed by atoms with van der Waals surface area (Å²) in [6.45, 7) is 2.95. The molecule has 0 spiro atoms. The SMILES string of the molecule is C=C(CC(F)F)OC(=O)O. The highest BCUT2D eigenvalue weighted by Crippen LogP contribution is 2.08. The number of hydrogen-bond acceptors (Lipinski definition) is 2. The average Bonchev–Trinajstić information content (AvgIpc) is 1.58. The molecule has 0 atom stereocenters. The van der Waals surface area contributed by atoms with E-state index < -0.39 is 24.8 Å². The molecule has 0 aliphatic heterocycles. The maximum atomic E-state index is 11.4. The molecule has 10 heavy (non-hydrogen) atoms. The van der Waals surface area contributed by atoms with E-state index in [1.54, 1.807) is 0 Å². The van der Waals surface area contributed by atoms with Gasteiger partial charge in [0.1, 0.15) is 5.76 Å². The summed E-state index contributed by atoms with van der Waals surface area (Å²) in [5.41, 5.74) is 0. The van der Waals surface area contributed by atoms with Crippen LogP contribution in [0.1, 0.15) is 6.42 Å². The minimum absolute atomic E-state index is 0.442. The zero-order chi connectivity index (χ0) is 8.15. The van der Waals surface area contributed by atoms with Crippen LogP contribution >= 0.6 is 0 Å². The molecule has 0 saturated carbocycles. The van der Waals surface area contributed by atoms with Crippen molar-refractivity contribution in [1.29, 1.82) is 0 Å². The topological polar surface area (TPSA) is 46.5 Å². The second-order valence-corrected chi connectivity index (χ2v) is 1.50. The van der Waals surface area contributed by atoms with Crippen molar-refractivity contribution in [2.75, 3.05) is 0 Å². The number of allylic oxidation sites excluding steroid dienone is 1. The number of alkyl halides is 2. The van der Waals surface area contributed by atoms with Gasteiger partial charge in [0.05, 0.1) is 6.42 Å². The molecule has 0 aliphatic carbocycles. The van der Waals surface area contributed by atoms with Crippen molar-refractivity contribution in [1.82, 2.24) is 0 Å². The summed E-state index contributed by atoms with van der Waals surface area (Å²) in [7, 11) is 0. The van der Waals surface area contributed by atoms with Gasteiger partial charge in [0.15, 0.2) is 0 Å². The Morgan fingerprint density at radius 3 is 2.50 bits per heavy atom. The molecule has 0 aromatic carbocycles. The third-order valence-electron chi connectivity index (χ3n) is 0.614. The smallest absolute Gasteiger partial charge is 0.449 e. The quantitative estimate of drug-likeness (QED) is 0.495. The fourth-order valence-electron chi connectivity index (χ4n) is 0.337. The van der Waals surface area contributed by atoms with Crippen molar-refractivity contribution in [3.63, 3.8) is 0 Å². The van der Waals surface area contributed by atoms with Gasteiger partial charge in [-0.1, -0.05) is 6.58 Å². The van der Waals surface area contributed by atoms with Gasteiger partial charge in [0, 0.05) is 0 Å². The van der Waals surface area contributed by atoms with Crippen molar-refractivity contribution >= 4 is 6.16 Å². The average molecular weight is 152 g/mol. The molecule has 0 aromatic heterocycles. The Morgan fingerprint density at radius 1 is 1.70 bits per heavy atom. The first-order valence-corrected chi connectivity index (χ1v) is 2.39. The van der Waals surface area contributed by atoms with Crippen molar-refractivity contribution in [3.8, 4) is 0 Å². The number of rotatable bonds is 3. The van der Waals surface area contributed by atoms with Gasteiger partial charge in [0.25, 0.3) is 0 Å². The van der Waals surface area contributed by atoms with Crippen LogP contribution in [0.4, 0.5) is 13.6 Å². The molecule has 0 bridgehead atoms. The zero-order valence-electron chi connectivity index (χ0n) is 5.01. The summed E-state index contributed by atoms with van der Waals surface area (Å²) >= 11 is 0. The lowest BCUT2D eigenvalue weighted by atomic mass is 10.4. The van der Waals surface area contributed by atoms with Crippen LogP contribution in [0, 0.1) is 0 Å². The van der Waals surface area contributed by atoms with Gasteiger partial charge >= 0.3 is 6.16 Å². The van der Waals surface area contributed by atoms with Gasteiger partial charge < -0.3 is 9.84 Å². The minimum atomic E-state index is -2.62. The molecule has 0 aromatic rings. The molecular formula is C5H6F2O3. The molecule has 3 nitrogen and oxygen atoms in total. The molecule has 0 aliphatic rings. The van der Waals surface area contributed by atoms with Crippen LogP contribution in [0.5, 0.6) is 0 Å². The standard InChI is InChI=1S/C5H6F2O3/c1-3(2-4(6)7)10-5(8)9/h4H,1-2H2,(H,8,9). The van der Waals surface area contributed by atoms with Gasteiger partial charge in [-0.05, 0) is 0 Å². The van der Waals surface area contributed by atoms with Crippen LogP contribution in [0.2, 0.25) is 0 Å². The molecular weight excluding hydrogens is 146 g/mol. The zero-order valence-corrected chi connectivity index (χ0v) is 5.01. The number of hydrogen-bond donors (Lipinski definition) is 1. The lowest BCUT2D eigenvalue weighted by Crippen LogP contribution is -2.02. The Labute approximate surface area is 55.9 Å². The van der Waals surface area contributed by atoms with E-state index in [2.05, 4.69) is 11.3 Å². The minimum Gasteiger partial charge on any atom is -0.449 e. The third kappa shape index (κ3) is 5.02. The molecule has 0 unspecified atom stereocenters. The molecule has 5 heteroatoms. The van der Waals surface area contributed by atoms with E-state index in [0.717, 1.165) is 0 Å². The van der Waals surface area contributed by atoms with Crippen LogP contribution in [-0.4, -0.2) is 17.7 Å². The van der Waals surface area contributed by atoms with Gasteiger partial charge in [0.2, 0.25) is 6.43 Å². The summed E-state index contributed by atoms with van der Waals surface area (Å²) in [6.07, 6.45) is -4.98. The fraction of sp³-hybridized carbons (Fsp3) is 0.400. The molecule has 58 valence electrons. The van der Waals surface area contributed by atoms with E-state index in [0.29, 0.717) is 0 Å². The van der Waals surface area contributed by atoms with E-state index in [4.69, 9.17) is 5.11 Å². The maximum absolute atomic E-state index is 11.4. The summed E-state index contributed by atoms with van der Waals surface area (Å²) in [5.74, 6) is -0.442. The van der Waals surface area contributed by atoms with Crippen molar-refractivity contribution in [2.24, 2.45) is 0 Å². The predicted octanol–water partition coefficient (Wildman–Crippen LogP) is 1.85. The maximum Gasteiger partial charge on any atom is 0.510 e. The summed E-state index contributed by atoms with van der Waals surface area (Å²) in [5, 5.41) is 7.87.